The molecule has 0 amide bonds. The lowest BCUT2D eigenvalue weighted by Crippen LogP contribution is -2.19. The van der Waals surface area contributed by atoms with E-state index in [-0.39, 0.29) is 0 Å². The van der Waals surface area contributed by atoms with Crippen molar-refractivity contribution in [3.8, 4) is 5.75 Å². The summed E-state index contributed by atoms with van der Waals surface area (Å²) in [6, 6.07) is 32.1. The molecule has 3 nitrogen and oxygen atoms in total. The molecule has 2 aliphatic heterocycles. The average Bonchev–Trinajstić information content (AvgIpc) is 3.67. The summed E-state index contributed by atoms with van der Waals surface area (Å²) in [5.41, 5.74) is 13.1. The average molecular weight is 501 g/mol. The standard InChI is InChI=1S/C18H19N.C17H17NO/c1-11(2)12-7-8-17-15(9-12)16-10-13-5-3-4-6-14(13)18(16)19-17;1-18-16-8-7-12(19-2)10-14(16)15-9-11-5-3-4-6-13(11)17(15)18/h3-9,11,16,18-19H,10H2,1-2H3;3-8,10,15,17H,9H2,1-2H3/t16-,18-;15-,17-/m00/s1. The molecule has 0 saturated heterocycles. The molecule has 4 aromatic rings. The quantitative estimate of drug-likeness (QED) is 0.301. The van der Waals surface area contributed by atoms with Gasteiger partial charge in [0.25, 0.3) is 0 Å². The summed E-state index contributed by atoms with van der Waals surface area (Å²) in [5.74, 6) is 2.77. The first-order chi connectivity index (χ1) is 18.5. The molecule has 1 N–H and O–H groups in total. The summed E-state index contributed by atoms with van der Waals surface area (Å²) in [7, 11) is 3.94. The lowest BCUT2D eigenvalue weighted by atomic mass is 9.92. The van der Waals surface area contributed by atoms with E-state index in [1.807, 2.05) is 0 Å². The normalized spacial score (nSPS) is 22.9. The largest absolute Gasteiger partial charge is 0.497 e. The van der Waals surface area contributed by atoms with Crippen LogP contribution in [-0.4, -0.2) is 14.2 Å². The summed E-state index contributed by atoms with van der Waals surface area (Å²) in [5, 5.41) is 3.72. The maximum absolute atomic E-state index is 5.38. The molecule has 4 atom stereocenters. The van der Waals surface area contributed by atoms with Crippen molar-refractivity contribution in [2.75, 3.05) is 24.4 Å². The second-order valence-corrected chi connectivity index (χ2v) is 11.6. The van der Waals surface area contributed by atoms with E-state index in [1.54, 1.807) is 7.11 Å². The topological polar surface area (TPSA) is 24.5 Å². The molecule has 4 aliphatic rings. The molecule has 0 fully saturated rings. The third-order valence-corrected chi connectivity index (χ3v) is 9.31. The molecule has 3 heteroatoms. The Kier molecular flexibility index (Phi) is 5.51. The zero-order valence-corrected chi connectivity index (χ0v) is 22.7. The number of ether oxygens (including phenoxy) is 1. The van der Waals surface area contributed by atoms with Gasteiger partial charge in [-0.15, -0.1) is 0 Å². The first-order valence-corrected chi connectivity index (χ1v) is 14.0. The van der Waals surface area contributed by atoms with E-state index in [1.165, 1.54) is 56.7 Å². The second kappa shape index (κ2) is 8.94. The Morgan fingerprint density at radius 1 is 0.763 bits per heavy atom. The van der Waals surface area contributed by atoms with E-state index in [2.05, 4.69) is 116 Å². The monoisotopic (exact) mass is 500 g/mol. The molecule has 0 unspecified atom stereocenters. The summed E-state index contributed by atoms with van der Waals surface area (Å²) >= 11 is 0. The van der Waals surface area contributed by atoms with Crippen LogP contribution in [0.5, 0.6) is 5.75 Å². The van der Waals surface area contributed by atoms with Gasteiger partial charge in [-0.3, -0.25) is 0 Å². The Bertz CT molecular complexity index is 1520. The molecular weight excluding hydrogens is 464 g/mol. The van der Waals surface area contributed by atoms with Gasteiger partial charge < -0.3 is 15.0 Å². The zero-order chi connectivity index (χ0) is 26.0. The molecule has 2 aliphatic carbocycles. The van der Waals surface area contributed by atoms with Crippen LogP contribution in [0.15, 0.2) is 84.9 Å². The Labute approximate surface area is 226 Å². The first-order valence-electron chi connectivity index (χ1n) is 14.0. The minimum absolute atomic E-state index is 0.494. The fraction of sp³-hybridized carbons (Fsp3) is 0.314. The van der Waals surface area contributed by atoms with Crippen LogP contribution >= 0.6 is 0 Å². The number of nitrogens with zero attached hydrogens (tertiary/aromatic N) is 1. The van der Waals surface area contributed by atoms with E-state index < -0.39 is 0 Å². The lowest BCUT2D eigenvalue weighted by Gasteiger charge is -2.22. The van der Waals surface area contributed by atoms with Crippen molar-refractivity contribution < 1.29 is 4.74 Å². The highest BCUT2D eigenvalue weighted by Gasteiger charge is 2.43. The number of rotatable bonds is 2. The van der Waals surface area contributed by atoms with E-state index in [4.69, 9.17) is 4.74 Å². The lowest BCUT2D eigenvalue weighted by molar-refractivity contribution is 0.414. The highest BCUT2D eigenvalue weighted by atomic mass is 16.5. The molecule has 4 aromatic carbocycles. The molecular formula is C35H36N2O. The third kappa shape index (κ3) is 3.55. The maximum atomic E-state index is 5.38. The Balaban J connectivity index is 0.000000127. The van der Waals surface area contributed by atoms with Crippen molar-refractivity contribution in [2.45, 2.75) is 56.5 Å². The van der Waals surface area contributed by atoms with Gasteiger partial charge >= 0.3 is 0 Å². The predicted molar refractivity (Wildman–Crippen MR) is 157 cm³/mol. The number of hydrogen-bond donors (Lipinski definition) is 1. The van der Waals surface area contributed by atoms with E-state index in [0.29, 0.717) is 29.8 Å². The molecule has 0 bridgehead atoms. The SMILES string of the molecule is CC(C)c1ccc2c(c1)[C@@H]1Cc3ccccc3[C@@H]1N2.COc1ccc2c(c1)[C@@H]1Cc3ccccc3[C@@H]1N2C. The van der Waals surface area contributed by atoms with Gasteiger partial charge in [-0.2, -0.15) is 0 Å². The van der Waals surface area contributed by atoms with Gasteiger partial charge in [-0.1, -0.05) is 74.5 Å². The van der Waals surface area contributed by atoms with Crippen molar-refractivity contribution >= 4 is 11.4 Å². The Hall–Kier alpha value is -3.72. The number of benzene rings is 4. The van der Waals surface area contributed by atoms with Gasteiger partial charge in [0, 0.05) is 30.3 Å². The molecule has 0 radical (unpaired) electrons. The van der Waals surface area contributed by atoms with Crippen LogP contribution in [0.2, 0.25) is 0 Å². The molecule has 0 spiro atoms. The van der Waals surface area contributed by atoms with Crippen molar-refractivity contribution in [1.82, 2.24) is 0 Å². The van der Waals surface area contributed by atoms with Crippen LogP contribution < -0.4 is 15.0 Å². The van der Waals surface area contributed by atoms with Crippen molar-refractivity contribution in [3.63, 3.8) is 0 Å². The van der Waals surface area contributed by atoms with Gasteiger partial charge in [0.15, 0.2) is 0 Å². The summed E-state index contributed by atoms with van der Waals surface area (Å²) in [4.78, 5) is 2.42. The molecule has 192 valence electrons. The fourth-order valence-corrected chi connectivity index (χ4v) is 7.37. The molecule has 0 aromatic heterocycles. The minimum Gasteiger partial charge on any atom is -0.497 e. The fourth-order valence-electron chi connectivity index (χ4n) is 7.37. The summed E-state index contributed by atoms with van der Waals surface area (Å²) in [6.45, 7) is 4.54. The highest BCUT2D eigenvalue weighted by Crippen LogP contribution is 2.55. The Morgan fingerprint density at radius 2 is 1.47 bits per heavy atom. The van der Waals surface area contributed by atoms with E-state index in [9.17, 15) is 0 Å². The second-order valence-electron chi connectivity index (χ2n) is 11.6. The van der Waals surface area contributed by atoms with Crippen molar-refractivity contribution in [2.24, 2.45) is 0 Å². The summed E-state index contributed by atoms with van der Waals surface area (Å²) < 4.78 is 5.38. The summed E-state index contributed by atoms with van der Waals surface area (Å²) in [6.07, 6.45) is 2.33. The molecule has 38 heavy (non-hydrogen) atoms. The van der Waals surface area contributed by atoms with Gasteiger partial charge in [-0.05, 0) is 82.0 Å². The number of fused-ring (bicyclic) bond motifs is 10. The third-order valence-electron chi connectivity index (χ3n) is 9.31. The first kappa shape index (κ1) is 23.4. The Morgan fingerprint density at radius 3 is 2.24 bits per heavy atom. The number of nitrogens with one attached hydrogen (secondary N) is 1. The maximum Gasteiger partial charge on any atom is 0.119 e. The van der Waals surface area contributed by atoms with E-state index in [0.717, 1.165) is 12.2 Å². The van der Waals surface area contributed by atoms with Crippen molar-refractivity contribution in [1.29, 1.82) is 0 Å². The van der Waals surface area contributed by atoms with Crippen LogP contribution in [0.1, 0.15) is 82.6 Å². The highest BCUT2D eigenvalue weighted by molar-refractivity contribution is 5.67. The van der Waals surface area contributed by atoms with Crippen LogP contribution in [0.25, 0.3) is 0 Å². The van der Waals surface area contributed by atoms with Crippen LogP contribution in [-0.2, 0) is 12.8 Å². The van der Waals surface area contributed by atoms with Crippen LogP contribution in [0.3, 0.4) is 0 Å². The molecule has 0 saturated carbocycles. The zero-order valence-electron chi connectivity index (χ0n) is 22.7. The molecule has 2 heterocycles. The number of hydrogen-bond acceptors (Lipinski definition) is 3. The van der Waals surface area contributed by atoms with E-state index >= 15 is 0 Å². The van der Waals surface area contributed by atoms with Gasteiger partial charge in [0.2, 0.25) is 0 Å². The van der Waals surface area contributed by atoms with Gasteiger partial charge in [0.1, 0.15) is 5.75 Å². The van der Waals surface area contributed by atoms with Crippen molar-refractivity contribution in [3.05, 3.63) is 124 Å². The minimum atomic E-state index is 0.494. The van der Waals surface area contributed by atoms with Crippen LogP contribution in [0.4, 0.5) is 11.4 Å². The smallest absolute Gasteiger partial charge is 0.119 e. The van der Waals surface area contributed by atoms with Gasteiger partial charge in [-0.25, -0.2) is 0 Å². The molecule has 8 rings (SSSR count). The van der Waals surface area contributed by atoms with Crippen LogP contribution in [0, 0.1) is 0 Å². The number of methoxy groups -OCH3 is 1. The predicted octanol–water partition coefficient (Wildman–Crippen LogP) is 8.14. The number of likely N-dealkylation sites (N-methyl/N-ethyl adjacent to an activating group) is 1. The van der Waals surface area contributed by atoms with Gasteiger partial charge in [0.05, 0.1) is 19.2 Å². The number of anilines is 2.